The third-order valence-electron chi connectivity index (χ3n) is 8.13. The molecule has 0 aromatic heterocycles. The molecule has 3 aromatic rings. The summed E-state index contributed by atoms with van der Waals surface area (Å²) in [6.07, 6.45) is -0.923. The fraction of sp³-hybridized carbons (Fsp3) is 0.235. The smallest absolute Gasteiger partial charge is 0.269 e. The van der Waals surface area contributed by atoms with Gasteiger partial charge in [0.1, 0.15) is 18.5 Å². The summed E-state index contributed by atoms with van der Waals surface area (Å²) in [4.78, 5) is 73.6. The number of nitro benzene ring substituents is 2. The minimum atomic E-state index is -1.13. The molecule has 0 spiro atoms. The molecule has 16 heteroatoms. The van der Waals surface area contributed by atoms with Gasteiger partial charge in [0.25, 0.3) is 23.2 Å². The van der Waals surface area contributed by atoms with Crippen LogP contribution in [0, 0.1) is 20.2 Å². The maximum atomic E-state index is 13.9. The van der Waals surface area contributed by atoms with Crippen LogP contribution in [0.15, 0.2) is 95.3 Å². The lowest BCUT2D eigenvalue weighted by atomic mass is 9.79. The quantitative estimate of drug-likeness (QED) is 0.122. The molecule has 3 aromatic carbocycles. The van der Waals surface area contributed by atoms with Gasteiger partial charge < -0.3 is 25.8 Å². The summed E-state index contributed by atoms with van der Waals surface area (Å²) < 4.78 is 5.70. The van der Waals surface area contributed by atoms with Crippen LogP contribution in [0.1, 0.15) is 38.2 Å². The summed E-state index contributed by atoms with van der Waals surface area (Å²) in [6.45, 7) is 2.93. The van der Waals surface area contributed by atoms with Crippen molar-refractivity contribution in [3.8, 4) is 5.75 Å². The number of benzene rings is 3. The number of non-ortho nitro benzene ring substituents is 2. The Morgan fingerprint density at radius 1 is 0.820 bits per heavy atom. The Kier molecular flexibility index (Phi) is 10.3. The topological polar surface area (TPSA) is 223 Å². The van der Waals surface area contributed by atoms with E-state index in [1.807, 2.05) is 0 Å². The van der Waals surface area contributed by atoms with Crippen molar-refractivity contribution in [1.29, 1.82) is 0 Å². The molecule has 2 heterocycles. The van der Waals surface area contributed by atoms with Crippen molar-refractivity contribution in [2.75, 3.05) is 23.8 Å². The van der Waals surface area contributed by atoms with Gasteiger partial charge in [0, 0.05) is 76.9 Å². The van der Waals surface area contributed by atoms with Gasteiger partial charge in [0.05, 0.1) is 16.4 Å². The van der Waals surface area contributed by atoms with Crippen molar-refractivity contribution < 1.29 is 38.9 Å². The summed E-state index contributed by atoms with van der Waals surface area (Å²) in [7, 11) is 0. The van der Waals surface area contributed by atoms with Gasteiger partial charge in [0.15, 0.2) is 0 Å². The molecule has 1 unspecified atom stereocenters. The van der Waals surface area contributed by atoms with Crippen LogP contribution < -0.4 is 20.7 Å². The van der Waals surface area contributed by atoms with Crippen molar-refractivity contribution in [3.63, 3.8) is 0 Å². The molecule has 1 fully saturated rings. The molecule has 1 atom stereocenters. The van der Waals surface area contributed by atoms with E-state index in [9.17, 15) is 44.5 Å². The highest BCUT2D eigenvalue weighted by molar-refractivity contribution is 6.12. The lowest BCUT2D eigenvalue weighted by Gasteiger charge is -2.31. The number of imide groups is 1. The van der Waals surface area contributed by atoms with E-state index in [0.29, 0.717) is 22.7 Å². The number of carbonyl (C=O) groups excluding carboxylic acids is 4. The molecule has 0 radical (unpaired) electrons. The molecule has 0 bridgehead atoms. The van der Waals surface area contributed by atoms with Crippen molar-refractivity contribution in [1.82, 2.24) is 10.2 Å². The van der Waals surface area contributed by atoms with Gasteiger partial charge in [-0.1, -0.05) is 12.1 Å². The summed E-state index contributed by atoms with van der Waals surface area (Å²) in [5.41, 5.74) is 1.97. The molecule has 0 saturated carbocycles. The average Bonchev–Trinajstić information content (AvgIpc) is 3.39. The standard InChI is InChI=1S/C34H32N6O10/c1-19-30(33(44)36-22-5-9-24(10-6-22)39(46)47)32(31(20(2)35-19)34(45)37-23-7-11-25(12-8-23)40(48)49)21-3-13-27(14-4-21)50-18-26(41)17-38-28(42)15-16-29(38)43/h3-14,26,32,35,41H,15-18H2,1-2H3,(H,36,44)(H,37,45). The third kappa shape index (κ3) is 7.82. The van der Waals surface area contributed by atoms with Crippen LogP contribution >= 0.6 is 0 Å². The van der Waals surface area contributed by atoms with Gasteiger partial charge in [-0.05, 0) is 55.8 Å². The lowest BCUT2D eigenvalue weighted by molar-refractivity contribution is -0.385. The normalized spacial score (nSPS) is 15.5. The van der Waals surface area contributed by atoms with E-state index in [0.717, 1.165) is 4.90 Å². The number of carbonyl (C=O) groups is 4. The molecule has 4 amide bonds. The number of hydrogen-bond donors (Lipinski definition) is 4. The van der Waals surface area contributed by atoms with Crippen molar-refractivity contribution in [3.05, 3.63) is 121 Å². The largest absolute Gasteiger partial charge is 0.491 e. The van der Waals surface area contributed by atoms with Crippen molar-refractivity contribution >= 4 is 46.4 Å². The number of nitrogens with one attached hydrogen (secondary N) is 3. The maximum Gasteiger partial charge on any atom is 0.269 e. The Bertz CT molecular complexity index is 1810. The number of hydrogen-bond acceptors (Lipinski definition) is 11. The second kappa shape index (κ2) is 14.8. The van der Waals surface area contributed by atoms with Crippen LogP contribution in [0.4, 0.5) is 22.7 Å². The van der Waals surface area contributed by atoms with Gasteiger partial charge in [-0.2, -0.15) is 0 Å². The number of nitrogens with zero attached hydrogens (tertiary/aromatic N) is 3. The fourth-order valence-corrected chi connectivity index (χ4v) is 5.70. The second-order valence-corrected chi connectivity index (χ2v) is 11.6. The highest BCUT2D eigenvalue weighted by atomic mass is 16.6. The number of dihydropyridines is 1. The molecule has 2 aliphatic heterocycles. The van der Waals surface area contributed by atoms with Crippen molar-refractivity contribution in [2.45, 2.75) is 38.7 Å². The zero-order valence-electron chi connectivity index (χ0n) is 26.9. The van der Waals surface area contributed by atoms with E-state index in [1.165, 1.54) is 48.5 Å². The molecule has 2 aliphatic rings. The summed E-state index contributed by atoms with van der Waals surface area (Å²) in [5.74, 6) is -2.49. The molecule has 0 aliphatic carbocycles. The number of rotatable bonds is 12. The first-order valence-electron chi connectivity index (χ1n) is 15.4. The molecule has 16 nitrogen and oxygen atoms in total. The first kappa shape index (κ1) is 34.9. The van der Waals surface area contributed by atoms with Gasteiger partial charge in [0.2, 0.25) is 11.8 Å². The summed E-state index contributed by atoms with van der Waals surface area (Å²) in [6, 6.07) is 17.0. The molecule has 258 valence electrons. The Labute approximate surface area is 284 Å². The fourth-order valence-electron chi connectivity index (χ4n) is 5.70. The van der Waals surface area contributed by atoms with E-state index in [4.69, 9.17) is 4.74 Å². The van der Waals surface area contributed by atoms with Crippen LogP contribution in [-0.2, 0) is 19.2 Å². The van der Waals surface area contributed by atoms with Gasteiger partial charge in [-0.25, -0.2) is 0 Å². The monoisotopic (exact) mass is 684 g/mol. The lowest BCUT2D eigenvalue weighted by Crippen LogP contribution is -2.38. The number of ether oxygens (including phenoxy) is 1. The van der Waals surface area contributed by atoms with Gasteiger partial charge >= 0.3 is 0 Å². The van der Waals surface area contributed by atoms with E-state index in [1.54, 1.807) is 38.1 Å². The average molecular weight is 685 g/mol. The number of β-amino-alcohol motifs (C(OH)–C–C–N with tert-alkyl or cyclic N) is 1. The van der Waals surface area contributed by atoms with Gasteiger partial charge in [-0.3, -0.25) is 44.3 Å². The minimum Gasteiger partial charge on any atom is -0.491 e. The number of amides is 4. The van der Waals surface area contributed by atoms with Crippen LogP contribution in [-0.4, -0.2) is 62.7 Å². The number of likely N-dealkylation sites (tertiary alicyclic amines) is 1. The minimum absolute atomic E-state index is 0.105. The number of aliphatic hydroxyl groups is 1. The van der Waals surface area contributed by atoms with E-state index < -0.39 is 33.7 Å². The Morgan fingerprint density at radius 2 is 1.26 bits per heavy atom. The van der Waals surface area contributed by atoms with E-state index in [2.05, 4.69) is 16.0 Å². The molecule has 4 N–H and O–H groups in total. The first-order chi connectivity index (χ1) is 23.8. The summed E-state index contributed by atoms with van der Waals surface area (Å²) >= 11 is 0. The third-order valence-corrected chi connectivity index (χ3v) is 8.13. The zero-order valence-corrected chi connectivity index (χ0v) is 26.9. The van der Waals surface area contributed by atoms with Crippen LogP contribution in [0.3, 0.4) is 0 Å². The van der Waals surface area contributed by atoms with Crippen LogP contribution in [0.25, 0.3) is 0 Å². The number of aliphatic hydroxyl groups excluding tert-OH is 1. The first-order valence-corrected chi connectivity index (χ1v) is 15.4. The SMILES string of the molecule is CC1=C(C(=O)Nc2ccc([N+](=O)[O-])cc2)C(c2ccc(OCC(O)CN3C(=O)CCC3=O)cc2)C(C(=O)Nc2ccc([N+](=O)[O-])cc2)=C(C)N1. The molecular formula is C34H32N6O10. The van der Waals surface area contributed by atoms with Crippen LogP contribution in [0.5, 0.6) is 5.75 Å². The van der Waals surface area contributed by atoms with Crippen molar-refractivity contribution in [2.24, 2.45) is 0 Å². The Balaban J connectivity index is 1.42. The highest BCUT2D eigenvalue weighted by Gasteiger charge is 2.37. The van der Waals surface area contributed by atoms with E-state index in [-0.39, 0.29) is 71.7 Å². The van der Waals surface area contributed by atoms with E-state index >= 15 is 0 Å². The Hall–Kier alpha value is -6.42. The number of nitro groups is 2. The zero-order chi connectivity index (χ0) is 36.1. The highest BCUT2D eigenvalue weighted by Crippen LogP contribution is 2.40. The van der Waals surface area contributed by atoms with Crippen LogP contribution in [0.2, 0.25) is 0 Å². The molecule has 50 heavy (non-hydrogen) atoms. The van der Waals surface area contributed by atoms with Gasteiger partial charge in [-0.15, -0.1) is 0 Å². The summed E-state index contributed by atoms with van der Waals surface area (Å²) in [5, 5.41) is 41.2. The Morgan fingerprint density at radius 3 is 1.68 bits per heavy atom. The molecule has 1 saturated heterocycles. The number of anilines is 2. The second-order valence-electron chi connectivity index (χ2n) is 11.6. The predicted molar refractivity (Wildman–Crippen MR) is 179 cm³/mol. The molecular weight excluding hydrogens is 652 g/mol. The maximum absolute atomic E-state index is 13.9. The molecule has 5 rings (SSSR count). The predicted octanol–water partition coefficient (Wildman–Crippen LogP) is 3.90. The number of allylic oxidation sites excluding steroid dienone is 2.